The molecule has 2 heterocycles. The first-order chi connectivity index (χ1) is 9.70. The molecule has 3 rings (SSSR count). The maximum Gasteiger partial charge on any atom is 0.238 e. The molecule has 0 aliphatic carbocycles. The van der Waals surface area contributed by atoms with E-state index < -0.39 is 0 Å². The average Bonchev–Trinajstić information content (AvgIpc) is 2.86. The summed E-state index contributed by atoms with van der Waals surface area (Å²) in [6, 6.07) is 5.86. The number of nitrogens with one attached hydrogen (secondary N) is 2. The van der Waals surface area contributed by atoms with E-state index in [1.165, 1.54) is 0 Å². The van der Waals surface area contributed by atoms with Crippen LogP contribution in [0.3, 0.4) is 0 Å². The topological polar surface area (TPSA) is 62.8 Å². The Labute approximate surface area is 118 Å². The van der Waals surface area contributed by atoms with E-state index in [2.05, 4.69) is 22.5 Å². The highest BCUT2D eigenvalue weighted by molar-refractivity contribution is 5.92. The summed E-state index contributed by atoms with van der Waals surface area (Å²) in [5.41, 5.74) is 0.738. The Bertz CT molecular complexity index is 506. The van der Waals surface area contributed by atoms with Crippen LogP contribution in [-0.2, 0) is 4.79 Å². The molecule has 1 aromatic carbocycles. The summed E-state index contributed by atoms with van der Waals surface area (Å²) in [5, 5.41) is 6.26. The van der Waals surface area contributed by atoms with Crippen molar-refractivity contribution in [3.8, 4) is 11.5 Å². The molecular weight excluding hydrogens is 258 g/mol. The molecule has 2 aliphatic rings. The van der Waals surface area contributed by atoms with Gasteiger partial charge in [-0.2, -0.15) is 0 Å². The summed E-state index contributed by atoms with van der Waals surface area (Å²) in [4.78, 5) is 14.2. The fraction of sp³-hybridized carbons (Fsp3) is 0.500. The van der Waals surface area contributed by atoms with Crippen molar-refractivity contribution in [3.05, 3.63) is 18.2 Å². The van der Waals surface area contributed by atoms with Crippen LogP contribution in [0.25, 0.3) is 0 Å². The second-order valence-electron chi connectivity index (χ2n) is 5.21. The van der Waals surface area contributed by atoms with Crippen molar-refractivity contribution in [2.24, 2.45) is 0 Å². The number of ether oxygens (including phenoxy) is 2. The van der Waals surface area contributed by atoms with Gasteiger partial charge in [-0.15, -0.1) is 0 Å². The first-order valence-corrected chi connectivity index (χ1v) is 6.86. The predicted molar refractivity (Wildman–Crippen MR) is 75.1 cm³/mol. The highest BCUT2D eigenvalue weighted by Crippen LogP contribution is 2.34. The Morgan fingerprint density at radius 2 is 2.30 bits per heavy atom. The number of piperazine rings is 1. The molecular formula is C14H19N3O3. The summed E-state index contributed by atoms with van der Waals surface area (Å²) in [6.45, 7) is 5.51. The molecule has 1 fully saturated rings. The number of benzene rings is 1. The number of carbonyl (C=O) groups is 1. The first kappa shape index (κ1) is 13.2. The minimum atomic E-state index is -0.00188. The molecule has 0 radical (unpaired) electrons. The second kappa shape index (κ2) is 5.68. The Morgan fingerprint density at radius 3 is 3.15 bits per heavy atom. The molecule has 0 saturated carbocycles. The zero-order valence-corrected chi connectivity index (χ0v) is 11.5. The largest absolute Gasteiger partial charge is 0.454 e. The highest BCUT2D eigenvalue weighted by Gasteiger charge is 2.19. The Kier molecular flexibility index (Phi) is 3.75. The van der Waals surface area contributed by atoms with Crippen molar-refractivity contribution in [1.82, 2.24) is 10.2 Å². The van der Waals surface area contributed by atoms with E-state index in [0.29, 0.717) is 18.3 Å². The minimum Gasteiger partial charge on any atom is -0.454 e. The third-order valence-corrected chi connectivity index (χ3v) is 3.48. The fourth-order valence-corrected chi connectivity index (χ4v) is 2.53. The van der Waals surface area contributed by atoms with Crippen molar-refractivity contribution in [2.45, 2.75) is 13.0 Å². The maximum atomic E-state index is 12.0. The van der Waals surface area contributed by atoms with Crippen molar-refractivity contribution >= 4 is 11.6 Å². The molecule has 1 amide bonds. The summed E-state index contributed by atoms with van der Waals surface area (Å²) in [7, 11) is 0. The van der Waals surface area contributed by atoms with Crippen LogP contribution in [0.2, 0.25) is 0 Å². The van der Waals surface area contributed by atoms with E-state index in [9.17, 15) is 4.79 Å². The van der Waals surface area contributed by atoms with Crippen LogP contribution in [0.4, 0.5) is 5.69 Å². The molecule has 0 spiro atoms. The van der Waals surface area contributed by atoms with Gasteiger partial charge in [0.05, 0.1) is 6.54 Å². The van der Waals surface area contributed by atoms with Gasteiger partial charge in [0.1, 0.15) is 0 Å². The van der Waals surface area contributed by atoms with Gasteiger partial charge in [-0.3, -0.25) is 9.69 Å². The molecule has 1 aromatic rings. The molecule has 108 valence electrons. The highest BCUT2D eigenvalue weighted by atomic mass is 16.7. The molecule has 2 aliphatic heterocycles. The second-order valence-corrected chi connectivity index (χ2v) is 5.21. The number of amides is 1. The van der Waals surface area contributed by atoms with Crippen LogP contribution in [0.15, 0.2) is 18.2 Å². The van der Waals surface area contributed by atoms with E-state index in [-0.39, 0.29) is 12.7 Å². The summed E-state index contributed by atoms with van der Waals surface area (Å²) in [6.07, 6.45) is 0. The number of fused-ring (bicyclic) bond motifs is 1. The zero-order chi connectivity index (χ0) is 13.9. The van der Waals surface area contributed by atoms with Gasteiger partial charge in [0, 0.05) is 37.4 Å². The predicted octanol–water partition coefficient (Wildman–Crippen LogP) is 0.647. The van der Waals surface area contributed by atoms with Gasteiger partial charge in [-0.25, -0.2) is 0 Å². The average molecular weight is 277 g/mol. The van der Waals surface area contributed by atoms with Crippen LogP contribution in [0.5, 0.6) is 11.5 Å². The lowest BCUT2D eigenvalue weighted by Gasteiger charge is -2.31. The molecule has 0 bridgehead atoms. The first-order valence-electron chi connectivity index (χ1n) is 6.86. The smallest absolute Gasteiger partial charge is 0.238 e. The van der Waals surface area contributed by atoms with Crippen LogP contribution < -0.4 is 20.1 Å². The van der Waals surface area contributed by atoms with Crippen molar-refractivity contribution in [1.29, 1.82) is 0 Å². The van der Waals surface area contributed by atoms with Gasteiger partial charge < -0.3 is 20.1 Å². The summed E-state index contributed by atoms with van der Waals surface area (Å²) >= 11 is 0. The number of nitrogens with zero attached hydrogens (tertiary/aromatic N) is 1. The lowest BCUT2D eigenvalue weighted by Crippen LogP contribution is -2.51. The van der Waals surface area contributed by atoms with Gasteiger partial charge in [-0.05, 0) is 19.1 Å². The van der Waals surface area contributed by atoms with Gasteiger partial charge in [0.2, 0.25) is 12.7 Å². The number of hydrogen-bond donors (Lipinski definition) is 2. The monoisotopic (exact) mass is 277 g/mol. The normalized spacial score (nSPS) is 21.8. The molecule has 6 nitrogen and oxygen atoms in total. The van der Waals surface area contributed by atoms with E-state index in [0.717, 1.165) is 31.1 Å². The summed E-state index contributed by atoms with van der Waals surface area (Å²) in [5.74, 6) is 1.40. The lowest BCUT2D eigenvalue weighted by molar-refractivity contribution is -0.117. The third-order valence-electron chi connectivity index (χ3n) is 3.48. The van der Waals surface area contributed by atoms with Crippen molar-refractivity contribution < 1.29 is 14.3 Å². The fourth-order valence-electron chi connectivity index (χ4n) is 2.53. The SMILES string of the molecule is C[C@@H]1CN(CC(=O)Nc2ccc3c(c2)OCO3)CCN1. The maximum absolute atomic E-state index is 12.0. The Hall–Kier alpha value is -1.79. The molecule has 0 unspecified atom stereocenters. The van der Waals surface area contributed by atoms with E-state index in [1.807, 2.05) is 12.1 Å². The van der Waals surface area contributed by atoms with Crippen LogP contribution in [-0.4, -0.2) is 49.8 Å². The van der Waals surface area contributed by atoms with Crippen LogP contribution >= 0.6 is 0 Å². The number of anilines is 1. The Morgan fingerprint density at radius 1 is 1.45 bits per heavy atom. The molecule has 1 saturated heterocycles. The molecule has 6 heteroatoms. The standard InChI is InChI=1S/C14H19N3O3/c1-10-7-17(5-4-15-10)8-14(18)16-11-2-3-12-13(6-11)20-9-19-12/h2-3,6,10,15H,4-5,7-9H2,1H3,(H,16,18)/t10-/m1/s1. The van der Waals surface area contributed by atoms with Crippen LogP contribution in [0, 0.1) is 0 Å². The van der Waals surface area contributed by atoms with Gasteiger partial charge in [0.15, 0.2) is 11.5 Å². The van der Waals surface area contributed by atoms with Gasteiger partial charge in [0.25, 0.3) is 0 Å². The number of carbonyl (C=O) groups excluding carboxylic acids is 1. The zero-order valence-electron chi connectivity index (χ0n) is 11.5. The van der Waals surface area contributed by atoms with Crippen molar-refractivity contribution in [2.75, 3.05) is 38.3 Å². The van der Waals surface area contributed by atoms with E-state index >= 15 is 0 Å². The third kappa shape index (κ3) is 3.02. The van der Waals surface area contributed by atoms with E-state index in [1.54, 1.807) is 6.07 Å². The van der Waals surface area contributed by atoms with Gasteiger partial charge >= 0.3 is 0 Å². The van der Waals surface area contributed by atoms with Crippen LogP contribution in [0.1, 0.15) is 6.92 Å². The van der Waals surface area contributed by atoms with Crippen molar-refractivity contribution in [3.63, 3.8) is 0 Å². The number of hydrogen-bond acceptors (Lipinski definition) is 5. The van der Waals surface area contributed by atoms with E-state index in [4.69, 9.17) is 9.47 Å². The minimum absolute atomic E-state index is 0.00188. The quantitative estimate of drug-likeness (QED) is 0.849. The van der Waals surface area contributed by atoms with Gasteiger partial charge in [-0.1, -0.05) is 0 Å². The number of rotatable bonds is 3. The molecule has 0 aromatic heterocycles. The summed E-state index contributed by atoms with van der Waals surface area (Å²) < 4.78 is 10.5. The molecule has 20 heavy (non-hydrogen) atoms. The molecule has 2 N–H and O–H groups in total. The Balaban J connectivity index is 1.56. The lowest BCUT2D eigenvalue weighted by atomic mass is 10.2. The molecule has 1 atom stereocenters.